The Bertz CT molecular complexity index is 849. The van der Waals surface area contributed by atoms with E-state index >= 15 is 0 Å². The zero-order valence-corrected chi connectivity index (χ0v) is 15.7. The summed E-state index contributed by atoms with van der Waals surface area (Å²) in [5, 5.41) is 8.67. The summed E-state index contributed by atoms with van der Waals surface area (Å²) in [4.78, 5) is 4.52. The van der Waals surface area contributed by atoms with Crippen LogP contribution >= 0.6 is 11.6 Å². The lowest BCUT2D eigenvalue weighted by Crippen LogP contribution is -2.44. The number of nitrogens with one attached hydrogen (secondary N) is 1. The van der Waals surface area contributed by atoms with E-state index in [-0.39, 0.29) is 10.7 Å². The Balaban J connectivity index is 1.73. The molecule has 7 nitrogen and oxygen atoms in total. The molecule has 0 bridgehead atoms. The molecule has 1 fully saturated rings. The number of likely N-dealkylation sites (N-methyl/N-ethyl adjacent to an activating group) is 1. The van der Waals surface area contributed by atoms with E-state index < -0.39 is 10.0 Å². The molecule has 0 spiro atoms. The van der Waals surface area contributed by atoms with Crippen LogP contribution in [0.25, 0.3) is 0 Å². The lowest BCUT2D eigenvalue weighted by molar-refractivity contribution is 0.312. The largest absolute Gasteiger partial charge is 0.353 e. The standard InChI is InChI=1S/C16H20ClN5O2S/c1-12-11-13(3-4-14(12)17)25(23,24)20-15-5-6-16(19-18-15)22-9-7-21(2)8-10-22/h3-6,11H,7-10H2,1-2H3,(H,18,20). The number of rotatable bonds is 4. The van der Waals surface area contributed by atoms with Crippen molar-refractivity contribution in [2.45, 2.75) is 11.8 Å². The van der Waals surface area contributed by atoms with E-state index in [0.29, 0.717) is 10.6 Å². The molecule has 1 saturated heterocycles. The number of sulfonamides is 1. The zero-order valence-electron chi connectivity index (χ0n) is 14.1. The Kier molecular flexibility index (Phi) is 5.12. The molecule has 0 saturated carbocycles. The number of benzene rings is 1. The first-order valence-corrected chi connectivity index (χ1v) is 9.77. The van der Waals surface area contributed by atoms with Gasteiger partial charge in [-0.1, -0.05) is 11.6 Å². The zero-order chi connectivity index (χ0) is 18.0. The van der Waals surface area contributed by atoms with Crippen molar-refractivity contribution < 1.29 is 8.42 Å². The second-order valence-electron chi connectivity index (χ2n) is 6.08. The molecule has 0 unspecified atom stereocenters. The van der Waals surface area contributed by atoms with E-state index in [2.05, 4.69) is 31.8 Å². The molecule has 0 atom stereocenters. The van der Waals surface area contributed by atoms with Gasteiger partial charge in [-0.15, -0.1) is 10.2 Å². The predicted octanol–water partition coefficient (Wildman–Crippen LogP) is 1.99. The fourth-order valence-corrected chi connectivity index (χ4v) is 3.76. The van der Waals surface area contributed by atoms with Crippen LogP contribution in [0.3, 0.4) is 0 Å². The topological polar surface area (TPSA) is 78.4 Å². The van der Waals surface area contributed by atoms with Crippen LogP contribution < -0.4 is 9.62 Å². The third-order valence-electron chi connectivity index (χ3n) is 4.16. The first kappa shape index (κ1) is 17.9. The minimum Gasteiger partial charge on any atom is -0.353 e. The lowest BCUT2D eigenvalue weighted by Gasteiger charge is -2.32. The van der Waals surface area contributed by atoms with Crippen LogP contribution in [0.15, 0.2) is 35.2 Å². The van der Waals surface area contributed by atoms with Crippen molar-refractivity contribution in [3.05, 3.63) is 40.9 Å². The first-order chi connectivity index (χ1) is 11.8. The number of anilines is 2. The van der Waals surface area contributed by atoms with E-state index in [1.165, 1.54) is 12.1 Å². The highest BCUT2D eigenvalue weighted by atomic mass is 35.5. The summed E-state index contributed by atoms with van der Waals surface area (Å²) >= 11 is 5.95. The van der Waals surface area contributed by atoms with Crippen LogP contribution in [0.1, 0.15) is 5.56 Å². The summed E-state index contributed by atoms with van der Waals surface area (Å²) in [6.45, 7) is 5.44. The number of piperazine rings is 1. The molecule has 134 valence electrons. The van der Waals surface area contributed by atoms with Crippen LogP contribution in [0.5, 0.6) is 0 Å². The molecule has 1 aliphatic rings. The van der Waals surface area contributed by atoms with E-state index in [1.54, 1.807) is 25.1 Å². The Morgan fingerprint density at radius 3 is 2.40 bits per heavy atom. The first-order valence-electron chi connectivity index (χ1n) is 7.91. The molecule has 0 amide bonds. The van der Waals surface area contributed by atoms with Crippen molar-refractivity contribution in [1.82, 2.24) is 15.1 Å². The highest BCUT2D eigenvalue weighted by molar-refractivity contribution is 7.92. The minimum atomic E-state index is -3.73. The number of aromatic nitrogens is 2. The quantitative estimate of drug-likeness (QED) is 0.872. The predicted molar refractivity (Wildman–Crippen MR) is 98.7 cm³/mol. The molecule has 3 rings (SSSR count). The number of halogens is 1. The van der Waals surface area contributed by atoms with Gasteiger partial charge in [-0.2, -0.15) is 0 Å². The molecule has 9 heteroatoms. The number of hydrogen-bond acceptors (Lipinski definition) is 6. The third-order valence-corrected chi connectivity index (χ3v) is 5.93. The highest BCUT2D eigenvalue weighted by Crippen LogP contribution is 2.21. The summed E-state index contributed by atoms with van der Waals surface area (Å²) in [5.74, 6) is 0.934. The summed E-state index contributed by atoms with van der Waals surface area (Å²) in [7, 11) is -1.65. The van der Waals surface area contributed by atoms with Gasteiger partial charge in [0.1, 0.15) is 0 Å². The third kappa shape index (κ3) is 4.20. The molecule has 0 aliphatic carbocycles. The van der Waals surface area contributed by atoms with Crippen LogP contribution in [0.4, 0.5) is 11.6 Å². The summed E-state index contributed by atoms with van der Waals surface area (Å²) < 4.78 is 27.3. The Labute approximate surface area is 152 Å². The van der Waals surface area contributed by atoms with Crippen molar-refractivity contribution in [2.75, 3.05) is 42.8 Å². The van der Waals surface area contributed by atoms with Crippen molar-refractivity contribution in [3.63, 3.8) is 0 Å². The maximum absolute atomic E-state index is 12.4. The fraction of sp³-hybridized carbons (Fsp3) is 0.375. The Morgan fingerprint density at radius 1 is 1.08 bits per heavy atom. The molecule has 1 aromatic heterocycles. The average molecular weight is 382 g/mol. The van der Waals surface area contributed by atoms with Gasteiger partial charge in [-0.25, -0.2) is 8.42 Å². The van der Waals surface area contributed by atoms with Gasteiger partial charge in [0.15, 0.2) is 11.6 Å². The van der Waals surface area contributed by atoms with Crippen LogP contribution in [-0.2, 0) is 10.0 Å². The van der Waals surface area contributed by atoms with Crippen molar-refractivity contribution in [3.8, 4) is 0 Å². The average Bonchev–Trinajstić information content (AvgIpc) is 2.58. The molecule has 0 radical (unpaired) electrons. The smallest absolute Gasteiger partial charge is 0.263 e. The van der Waals surface area contributed by atoms with Gasteiger partial charge in [-0.05, 0) is 49.9 Å². The molecular formula is C16H20ClN5O2S. The molecule has 2 aromatic rings. The molecule has 1 aromatic carbocycles. The van der Waals surface area contributed by atoms with E-state index in [9.17, 15) is 8.42 Å². The van der Waals surface area contributed by atoms with Gasteiger partial charge >= 0.3 is 0 Å². The van der Waals surface area contributed by atoms with E-state index in [4.69, 9.17) is 11.6 Å². The maximum Gasteiger partial charge on any atom is 0.263 e. The van der Waals surface area contributed by atoms with Gasteiger partial charge in [0, 0.05) is 31.2 Å². The Morgan fingerprint density at radius 2 is 1.80 bits per heavy atom. The summed E-state index contributed by atoms with van der Waals surface area (Å²) in [6, 6.07) is 7.96. The summed E-state index contributed by atoms with van der Waals surface area (Å²) in [5.41, 5.74) is 0.695. The number of aryl methyl sites for hydroxylation is 1. The number of nitrogens with zero attached hydrogens (tertiary/aromatic N) is 4. The van der Waals surface area contributed by atoms with E-state index in [1.807, 2.05) is 0 Å². The molecule has 2 heterocycles. The van der Waals surface area contributed by atoms with Gasteiger partial charge in [0.2, 0.25) is 0 Å². The van der Waals surface area contributed by atoms with Crippen molar-refractivity contribution in [1.29, 1.82) is 0 Å². The van der Waals surface area contributed by atoms with E-state index in [0.717, 1.165) is 32.0 Å². The Hall–Kier alpha value is -1.90. The second-order valence-corrected chi connectivity index (χ2v) is 8.17. The fourth-order valence-electron chi connectivity index (χ4n) is 2.56. The maximum atomic E-state index is 12.4. The minimum absolute atomic E-state index is 0.138. The highest BCUT2D eigenvalue weighted by Gasteiger charge is 2.18. The molecule has 1 N–H and O–H groups in total. The number of hydrogen-bond donors (Lipinski definition) is 1. The van der Waals surface area contributed by atoms with Crippen molar-refractivity contribution in [2.24, 2.45) is 0 Å². The normalized spacial score (nSPS) is 16.0. The van der Waals surface area contributed by atoms with Crippen LogP contribution in [0, 0.1) is 6.92 Å². The van der Waals surface area contributed by atoms with Gasteiger partial charge < -0.3 is 9.80 Å². The lowest BCUT2D eigenvalue weighted by atomic mass is 10.2. The summed E-state index contributed by atoms with van der Waals surface area (Å²) in [6.07, 6.45) is 0. The molecular weight excluding hydrogens is 362 g/mol. The van der Waals surface area contributed by atoms with Gasteiger partial charge in [0.25, 0.3) is 10.0 Å². The molecule has 1 aliphatic heterocycles. The van der Waals surface area contributed by atoms with Crippen LogP contribution in [-0.4, -0.2) is 56.7 Å². The van der Waals surface area contributed by atoms with Gasteiger partial charge in [-0.3, -0.25) is 4.72 Å². The van der Waals surface area contributed by atoms with Crippen LogP contribution in [0.2, 0.25) is 5.02 Å². The SMILES string of the molecule is Cc1cc(S(=O)(=O)Nc2ccc(N3CCN(C)CC3)nn2)ccc1Cl. The van der Waals surface area contributed by atoms with Gasteiger partial charge in [0.05, 0.1) is 4.90 Å². The van der Waals surface area contributed by atoms with Crippen molar-refractivity contribution >= 4 is 33.3 Å². The molecule has 25 heavy (non-hydrogen) atoms. The second kappa shape index (κ2) is 7.15. The monoisotopic (exact) mass is 381 g/mol.